The number of sulfonamides is 1. The third-order valence-electron chi connectivity index (χ3n) is 3.16. The zero-order chi connectivity index (χ0) is 14.4. The van der Waals surface area contributed by atoms with Gasteiger partial charge in [-0.3, -0.25) is 0 Å². The summed E-state index contributed by atoms with van der Waals surface area (Å²) in [6.07, 6.45) is 2.22. The Balaban J connectivity index is 1.76. The molecule has 7 heteroatoms. The summed E-state index contributed by atoms with van der Waals surface area (Å²) >= 11 is 3.28. The van der Waals surface area contributed by atoms with Crippen molar-refractivity contribution in [3.63, 3.8) is 0 Å². The van der Waals surface area contributed by atoms with Gasteiger partial charge in [-0.25, -0.2) is 13.1 Å². The molecule has 1 fully saturated rings. The van der Waals surface area contributed by atoms with Crippen molar-refractivity contribution in [2.24, 2.45) is 0 Å². The Bertz CT molecular complexity index is 513. The molecule has 1 heterocycles. The minimum Gasteiger partial charge on any atom is -0.377 e. The summed E-state index contributed by atoms with van der Waals surface area (Å²) in [5, 5.41) is 3.26. The molecule has 0 spiro atoms. The summed E-state index contributed by atoms with van der Waals surface area (Å²) in [5.41, 5.74) is 0. The zero-order valence-corrected chi connectivity index (χ0v) is 13.5. The number of hydrogen-bond donors (Lipinski definition) is 2. The highest BCUT2D eigenvalue weighted by molar-refractivity contribution is 9.10. The van der Waals surface area contributed by atoms with E-state index in [2.05, 4.69) is 26.0 Å². The fourth-order valence-corrected chi connectivity index (χ4v) is 3.34. The maximum Gasteiger partial charge on any atom is 0.240 e. The van der Waals surface area contributed by atoms with E-state index in [1.165, 1.54) is 0 Å². The molecule has 1 aliphatic heterocycles. The smallest absolute Gasteiger partial charge is 0.240 e. The van der Waals surface area contributed by atoms with Crippen LogP contribution >= 0.6 is 15.9 Å². The largest absolute Gasteiger partial charge is 0.377 e. The molecule has 20 heavy (non-hydrogen) atoms. The van der Waals surface area contributed by atoms with Gasteiger partial charge >= 0.3 is 0 Å². The first kappa shape index (κ1) is 15.9. The van der Waals surface area contributed by atoms with Gasteiger partial charge in [0.05, 0.1) is 17.6 Å². The van der Waals surface area contributed by atoms with Gasteiger partial charge in [0.1, 0.15) is 0 Å². The molecule has 2 N–H and O–H groups in total. The molecular weight excluding hydrogens is 344 g/mol. The average Bonchev–Trinajstić information content (AvgIpc) is 2.45. The normalized spacial score (nSPS) is 17.2. The molecule has 1 aromatic carbocycles. The fraction of sp³-hybridized carbons (Fsp3) is 0.538. The number of ether oxygens (including phenoxy) is 1. The van der Waals surface area contributed by atoms with Gasteiger partial charge < -0.3 is 10.1 Å². The second-order valence-corrected chi connectivity index (χ2v) is 7.35. The lowest BCUT2D eigenvalue weighted by molar-refractivity contribution is 0.0367. The van der Waals surface area contributed by atoms with Gasteiger partial charge in [0.2, 0.25) is 10.0 Å². The molecule has 0 unspecified atom stereocenters. The number of piperidine rings is 1. The van der Waals surface area contributed by atoms with Gasteiger partial charge in [-0.05, 0) is 50.2 Å². The quantitative estimate of drug-likeness (QED) is 0.752. The van der Waals surface area contributed by atoms with E-state index in [4.69, 9.17) is 4.74 Å². The SMILES string of the molecule is O=S(=O)(NCCOC1CCNCC1)c1ccc(Br)cc1. The van der Waals surface area contributed by atoms with E-state index >= 15 is 0 Å². The van der Waals surface area contributed by atoms with Crippen molar-refractivity contribution in [1.82, 2.24) is 10.0 Å². The van der Waals surface area contributed by atoms with Crippen LogP contribution in [0.1, 0.15) is 12.8 Å². The van der Waals surface area contributed by atoms with Gasteiger partial charge in [-0.1, -0.05) is 15.9 Å². The summed E-state index contributed by atoms with van der Waals surface area (Å²) in [6, 6.07) is 6.56. The van der Waals surface area contributed by atoms with Crippen LogP contribution in [-0.2, 0) is 14.8 Å². The highest BCUT2D eigenvalue weighted by atomic mass is 79.9. The number of rotatable bonds is 6. The van der Waals surface area contributed by atoms with Gasteiger partial charge in [0.15, 0.2) is 0 Å². The minimum atomic E-state index is -3.44. The third kappa shape index (κ3) is 4.82. The van der Waals surface area contributed by atoms with Crippen LogP contribution in [0.25, 0.3) is 0 Å². The van der Waals surface area contributed by atoms with Crippen molar-refractivity contribution in [2.75, 3.05) is 26.2 Å². The Kier molecular flexibility index (Phi) is 5.98. The molecule has 1 aliphatic rings. The highest BCUT2D eigenvalue weighted by Crippen LogP contribution is 2.14. The second-order valence-electron chi connectivity index (χ2n) is 4.67. The Labute approximate surface area is 128 Å². The van der Waals surface area contributed by atoms with E-state index in [0.29, 0.717) is 13.2 Å². The van der Waals surface area contributed by atoms with Crippen molar-refractivity contribution < 1.29 is 13.2 Å². The lowest BCUT2D eigenvalue weighted by Gasteiger charge is -2.22. The van der Waals surface area contributed by atoms with E-state index in [1.807, 2.05) is 0 Å². The van der Waals surface area contributed by atoms with Crippen molar-refractivity contribution in [2.45, 2.75) is 23.8 Å². The number of hydrogen-bond acceptors (Lipinski definition) is 4. The van der Waals surface area contributed by atoms with Crippen molar-refractivity contribution in [3.05, 3.63) is 28.7 Å². The molecule has 0 amide bonds. The number of benzene rings is 1. The zero-order valence-electron chi connectivity index (χ0n) is 11.1. The first-order valence-corrected chi connectivity index (χ1v) is 8.93. The minimum absolute atomic E-state index is 0.244. The molecule has 0 radical (unpaired) electrons. The molecule has 0 aromatic heterocycles. The Morgan fingerprint density at radius 2 is 1.90 bits per heavy atom. The molecule has 1 saturated heterocycles. The lowest BCUT2D eigenvalue weighted by atomic mass is 10.1. The summed E-state index contributed by atoms with van der Waals surface area (Å²) in [5.74, 6) is 0. The average molecular weight is 363 g/mol. The van der Waals surface area contributed by atoms with E-state index in [9.17, 15) is 8.42 Å². The first-order valence-electron chi connectivity index (χ1n) is 6.65. The van der Waals surface area contributed by atoms with Crippen LogP contribution in [-0.4, -0.2) is 40.8 Å². The van der Waals surface area contributed by atoms with Gasteiger partial charge in [0.25, 0.3) is 0 Å². The molecule has 2 rings (SSSR count). The van der Waals surface area contributed by atoms with Crippen LogP contribution in [0, 0.1) is 0 Å². The topological polar surface area (TPSA) is 67.4 Å². The summed E-state index contributed by atoms with van der Waals surface area (Å²) in [4.78, 5) is 0.266. The van der Waals surface area contributed by atoms with Crippen molar-refractivity contribution >= 4 is 26.0 Å². The van der Waals surface area contributed by atoms with E-state index in [1.54, 1.807) is 24.3 Å². The van der Waals surface area contributed by atoms with Crippen LogP contribution < -0.4 is 10.0 Å². The van der Waals surface area contributed by atoms with Crippen LogP contribution in [0.2, 0.25) is 0 Å². The number of halogens is 1. The van der Waals surface area contributed by atoms with E-state index in [0.717, 1.165) is 30.4 Å². The molecule has 0 saturated carbocycles. The molecule has 0 bridgehead atoms. The molecule has 112 valence electrons. The predicted molar refractivity (Wildman–Crippen MR) is 81.2 cm³/mol. The lowest BCUT2D eigenvalue weighted by Crippen LogP contribution is -2.34. The molecule has 1 aromatic rings. The number of nitrogens with one attached hydrogen (secondary N) is 2. The maximum atomic E-state index is 12.0. The Morgan fingerprint density at radius 1 is 1.25 bits per heavy atom. The van der Waals surface area contributed by atoms with E-state index < -0.39 is 10.0 Å². The van der Waals surface area contributed by atoms with Crippen molar-refractivity contribution in [1.29, 1.82) is 0 Å². The second kappa shape index (κ2) is 7.51. The van der Waals surface area contributed by atoms with Gasteiger partial charge in [-0.2, -0.15) is 0 Å². The van der Waals surface area contributed by atoms with E-state index in [-0.39, 0.29) is 11.0 Å². The highest BCUT2D eigenvalue weighted by Gasteiger charge is 2.15. The molecule has 0 aliphatic carbocycles. The van der Waals surface area contributed by atoms with Crippen molar-refractivity contribution in [3.8, 4) is 0 Å². The first-order chi connectivity index (χ1) is 9.58. The summed E-state index contributed by atoms with van der Waals surface area (Å²) < 4.78 is 33.1. The standard InChI is InChI=1S/C13H19BrN2O3S/c14-11-1-3-13(4-2-11)20(17,18)16-9-10-19-12-5-7-15-8-6-12/h1-4,12,15-16H,5-10H2. The van der Waals surface area contributed by atoms with Crippen LogP contribution in [0.4, 0.5) is 0 Å². The van der Waals surface area contributed by atoms with Crippen LogP contribution in [0.15, 0.2) is 33.6 Å². The van der Waals surface area contributed by atoms with Crippen LogP contribution in [0.3, 0.4) is 0 Å². The summed E-state index contributed by atoms with van der Waals surface area (Å²) in [7, 11) is -3.44. The predicted octanol–water partition coefficient (Wildman–Crippen LogP) is 1.50. The van der Waals surface area contributed by atoms with Gasteiger partial charge in [0, 0.05) is 11.0 Å². The third-order valence-corrected chi connectivity index (χ3v) is 5.16. The van der Waals surface area contributed by atoms with Crippen LogP contribution in [0.5, 0.6) is 0 Å². The molecular formula is C13H19BrN2O3S. The fourth-order valence-electron chi connectivity index (χ4n) is 2.06. The maximum absolute atomic E-state index is 12.0. The Morgan fingerprint density at radius 3 is 2.55 bits per heavy atom. The van der Waals surface area contributed by atoms with Gasteiger partial charge in [-0.15, -0.1) is 0 Å². The molecule has 0 atom stereocenters. The Hall–Kier alpha value is -0.470. The monoisotopic (exact) mass is 362 g/mol. The molecule has 5 nitrogen and oxygen atoms in total. The summed E-state index contributed by atoms with van der Waals surface area (Å²) in [6.45, 7) is 2.63.